The molecule has 0 spiro atoms. The van der Waals surface area contributed by atoms with E-state index in [2.05, 4.69) is 26.1 Å². The monoisotopic (exact) mass is 187 g/mol. The number of hydrogen-bond donors (Lipinski definition) is 1. The van der Waals surface area contributed by atoms with E-state index in [1.807, 2.05) is 7.05 Å². The molecule has 0 aromatic carbocycles. The fourth-order valence-corrected chi connectivity index (χ4v) is 2.15. The summed E-state index contributed by atoms with van der Waals surface area (Å²) in [5.41, 5.74) is 0.408. The second-order valence-corrected chi connectivity index (χ2v) is 3.96. The second-order valence-electron chi connectivity index (χ2n) is 3.96. The van der Waals surface area contributed by atoms with Crippen molar-refractivity contribution in [3.05, 3.63) is 0 Å². The van der Waals surface area contributed by atoms with Crippen LogP contribution in [0.5, 0.6) is 0 Å². The SMILES string of the molecule is CCC(CC)(CNC)C(C)COC. The van der Waals surface area contributed by atoms with Gasteiger partial charge in [-0.15, -0.1) is 0 Å². The van der Waals surface area contributed by atoms with Crippen LogP contribution in [0, 0.1) is 11.3 Å². The quantitative estimate of drug-likeness (QED) is 0.660. The van der Waals surface area contributed by atoms with Gasteiger partial charge in [0, 0.05) is 20.3 Å². The molecule has 2 heteroatoms. The van der Waals surface area contributed by atoms with E-state index < -0.39 is 0 Å². The molecule has 0 amide bonds. The predicted octanol–water partition coefficient (Wildman–Crippen LogP) is 2.29. The average molecular weight is 187 g/mol. The van der Waals surface area contributed by atoms with Crippen molar-refractivity contribution in [2.45, 2.75) is 33.6 Å². The normalized spacial score (nSPS) is 14.5. The highest BCUT2D eigenvalue weighted by Crippen LogP contribution is 2.34. The van der Waals surface area contributed by atoms with Crippen molar-refractivity contribution in [2.24, 2.45) is 11.3 Å². The summed E-state index contributed by atoms with van der Waals surface area (Å²) in [7, 11) is 3.81. The minimum Gasteiger partial charge on any atom is -0.384 e. The van der Waals surface area contributed by atoms with Crippen molar-refractivity contribution in [3.8, 4) is 0 Å². The molecule has 0 aliphatic heterocycles. The summed E-state index contributed by atoms with van der Waals surface area (Å²) in [6.07, 6.45) is 2.43. The number of hydrogen-bond acceptors (Lipinski definition) is 2. The molecular formula is C11H25NO. The van der Waals surface area contributed by atoms with Gasteiger partial charge >= 0.3 is 0 Å². The Morgan fingerprint density at radius 1 is 1.31 bits per heavy atom. The smallest absolute Gasteiger partial charge is 0.0493 e. The standard InChI is InChI=1S/C11H25NO/c1-6-11(7-2,9-12-4)10(3)8-13-5/h10,12H,6-9H2,1-5H3. The lowest BCUT2D eigenvalue weighted by Gasteiger charge is -2.37. The minimum absolute atomic E-state index is 0.408. The first-order valence-electron chi connectivity index (χ1n) is 5.30. The molecular weight excluding hydrogens is 162 g/mol. The lowest BCUT2D eigenvalue weighted by atomic mass is 9.72. The predicted molar refractivity (Wildman–Crippen MR) is 58.0 cm³/mol. The fourth-order valence-electron chi connectivity index (χ4n) is 2.15. The van der Waals surface area contributed by atoms with Crippen LogP contribution in [0.15, 0.2) is 0 Å². The third kappa shape index (κ3) is 3.28. The topological polar surface area (TPSA) is 21.3 Å². The molecule has 0 rings (SSSR count). The van der Waals surface area contributed by atoms with Crippen LogP contribution in [0.4, 0.5) is 0 Å². The van der Waals surface area contributed by atoms with E-state index in [1.54, 1.807) is 7.11 Å². The van der Waals surface area contributed by atoms with E-state index in [9.17, 15) is 0 Å². The van der Waals surface area contributed by atoms with Crippen LogP contribution in [-0.2, 0) is 4.74 Å². The number of methoxy groups -OCH3 is 1. The van der Waals surface area contributed by atoms with Crippen LogP contribution in [0.2, 0.25) is 0 Å². The van der Waals surface area contributed by atoms with Gasteiger partial charge in [-0.2, -0.15) is 0 Å². The molecule has 1 atom stereocenters. The van der Waals surface area contributed by atoms with Crippen molar-refractivity contribution in [1.82, 2.24) is 5.32 Å². The Bertz CT molecular complexity index is 121. The molecule has 0 radical (unpaired) electrons. The molecule has 1 N–H and O–H groups in total. The summed E-state index contributed by atoms with van der Waals surface area (Å²) >= 11 is 0. The minimum atomic E-state index is 0.408. The van der Waals surface area contributed by atoms with Crippen molar-refractivity contribution >= 4 is 0 Å². The maximum Gasteiger partial charge on any atom is 0.0493 e. The summed E-state index contributed by atoms with van der Waals surface area (Å²) < 4.78 is 5.23. The molecule has 0 aliphatic carbocycles. The Morgan fingerprint density at radius 2 is 1.85 bits per heavy atom. The van der Waals surface area contributed by atoms with Crippen LogP contribution >= 0.6 is 0 Å². The summed E-state index contributed by atoms with van der Waals surface area (Å²) in [5.74, 6) is 0.625. The van der Waals surface area contributed by atoms with E-state index in [-0.39, 0.29) is 0 Å². The van der Waals surface area contributed by atoms with Crippen LogP contribution in [-0.4, -0.2) is 27.3 Å². The summed E-state index contributed by atoms with van der Waals surface area (Å²) in [6.45, 7) is 8.78. The van der Waals surface area contributed by atoms with Gasteiger partial charge in [-0.3, -0.25) is 0 Å². The largest absolute Gasteiger partial charge is 0.384 e. The van der Waals surface area contributed by atoms with Gasteiger partial charge in [-0.1, -0.05) is 20.8 Å². The highest BCUT2D eigenvalue weighted by atomic mass is 16.5. The van der Waals surface area contributed by atoms with Crippen LogP contribution in [0.25, 0.3) is 0 Å². The van der Waals surface area contributed by atoms with Gasteiger partial charge in [-0.05, 0) is 31.2 Å². The molecule has 1 unspecified atom stereocenters. The van der Waals surface area contributed by atoms with Gasteiger partial charge in [0.05, 0.1) is 0 Å². The first kappa shape index (κ1) is 12.9. The first-order valence-corrected chi connectivity index (χ1v) is 5.30. The third-order valence-electron chi connectivity index (χ3n) is 3.40. The van der Waals surface area contributed by atoms with E-state index in [0.717, 1.165) is 13.2 Å². The van der Waals surface area contributed by atoms with Gasteiger partial charge in [0.15, 0.2) is 0 Å². The molecule has 0 heterocycles. The Morgan fingerprint density at radius 3 is 2.15 bits per heavy atom. The Hall–Kier alpha value is -0.0800. The summed E-state index contributed by atoms with van der Waals surface area (Å²) in [5, 5.41) is 3.29. The van der Waals surface area contributed by atoms with Crippen molar-refractivity contribution in [1.29, 1.82) is 0 Å². The molecule has 0 fully saturated rings. The van der Waals surface area contributed by atoms with Crippen LogP contribution < -0.4 is 5.32 Å². The van der Waals surface area contributed by atoms with Gasteiger partial charge < -0.3 is 10.1 Å². The van der Waals surface area contributed by atoms with Gasteiger partial charge in [-0.25, -0.2) is 0 Å². The van der Waals surface area contributed by atoms with E-state index in [0.29, 0.717) is 11.3 Å². The summed E-state index contributed by atoms with van der Waals surface area (Å²) in [6, 6.07) is 0. The maximum atomic E-state index is 5.23. The second kappa shape index (κ2) is 6.39. The molecule has 0 aromatic heterocycles. The number of nitrogens with one attached hydrogen (secondary N) is 1. The van der Waals surface area contributed by atoms with Crippen LogP contribution in [0.3, 0.4) is 0 Å². The summed E-state index contributed by atoms with van der Waals surface area (Å²) in [4.78, 5) is 0. The number of ether oxygens (including phenoxy) is 1. The molecule has 80 valence electrons. The van der Waals surface area contributed by atoms with Gasteiger partial charge in [0.2, 0.25) is 0 Å². The van der Waals surface area contributed by atoms with Gasteiger partial charge in [0.25, 0.3) is 0 Å². The third-order valence-corrected chi connectivity index (χ3v) is 3.40. The molecule has 0 aliphatic rings. The Balaban J connectivity index is 4.33. The Labute approximate surface area is 83.1 Å². The van der Waals surface area contributed by atoms with E-state index >= 15 is 0 Å². The molecule has 13 heavy (non-hydrogen) atoms. The average Bonchev–Trinajstić information content (AvgIpc) is 2.14. The highest BCUT2D eigenvalue weighted by molar-refractivity contribution is 4.83. The zero-order valence-electron chi connectivity index (χ0n) is 9.81. The first-order chi connectivity index (χ1) is 6.16. The fraction of sp³-hybridized carbons (Fsp3) is 1.00. The lowest BCUT2D eigenvalue weighted by Crippen LogP contribution is -2.39. The maximum absolute atomic E-state index is 5.23. The molecule has 0 saturated heterocycles. The highest BCUT2D eigenvalue weighted by Gasteiger charge is 2.31. The molecule has 0 saturated carbocycles. The van der Waals surface area contributed by atoms with Gasteiger partial charge in [0.1, 0.15) is 0 Å². The van der Waals surface area contributed by atoms with Crippen LogP contribution in [0.1, 0.15) is 33.6 Å². The zero-order chi connectivity index (χ0) is 10.3. The van der Waals surface area contributed by atoms with E-state index in [4.69, 9.17) is 4.74 Å². The Kier molecular flexibility index (Phi) is 6.35. The van der Waals surface area contributed by atoms with Crippen molar-refractivity contribution in [3.63, 3.8) is 0 Å². The molecule has 0 bridgehead atoms. The molecule has 2 nitrogen and oxygen atoms in total. The lowest BCUT2D eigenvalue weighted by molar-refractivity contribution is 0.0634. The van der Waals surface area contributed by atoms with Crippen molar-refractivity contribution in [2.75, 3.05) is 27.3 Å². The molecule has 0 aromatic rings. The van der Waals surface area contributed by atoms with Crippen molar-refractivity contribution < 1.29 is 4.74 Å². The van der Waals surface area contributed by atoms with E-state index in [1.165, 1.54) is 12.8 Å². The number of rotatable bonds is 7. The zero-order valence-corrected chi connectivity index (χ0v) is 9.81.